The van der Waals surface area contributed by atoms with Crippen molar-refractivity contribution < 1.29 is 0 Å². The molecule has 0 saturated carbocycles. The largest absolute Gasteiger partial charge is 0.306 e. The second-order valence-corrected chi connectivity index (χ2v) is 4.17. The number of imidazole rings is 1. The lowest BCUT2D eigenvalue weighted by Crippen LogP contribution is -1.89. The van der Waals surface area contributed by atoms with Gasteiger partial charge in [0.15, 0.2) is 0 Å². The van der Waals surface area contributed by atoms with Gasteiger partial charge < -0.3 is 4.57 Å². The summed E-state index contributed by atoms with van der Waals surface area (Å²) in [7, 11) is 0. The Labute approximate surface area is 102 Å². The van der Waals surface area contributed by atoms with Gasteiger partial charge >= 0.3 is 0 Å². The van der Waals surface area contributed by atoms with E-state index in [2.05, 4.69) is 4.98 Å². The summed E-state index contributed by atoms with van der Waals surface area (Å²) in [6.45, 7) is 0. The summed E-state index contributed by atoms with van der Waals surface area (Å²) in [5.74, 6) is 0.390. The summed E-state index contributed by atoms with van der Waals surface area (Å²) in [6, 6.07) is 5.31. The van der Waals surface area contributed by atoms with Crippen molar-refractivity contribution in [2.24, 2.45) is 0 Å². The van der Waals surface area contributed by atoms with Crippen LogP contribution in [0.5, 0.6) is 0 Å². The highest BCUT2D eigenvalue weighted by molar-refractivity contribution is 6.34. The fourth-order valence-corrected chi connectivity index (χ4v) is 1.91. The van der Waals surface area contributed by atoms with Crippen molar-refractivity contribution in [1.82, 2.24) is 9.55 Å². The van der Waals surface area contributed by atoms with Crippen molar-refractivity contribution in [3.05, 3.63) is 46.5 Å². The number of hydrogen-bond donors (Lipinski definition) is 0. The fraction of sp³-hybridized carbons (Fsp3) is 0.100. The summed E-state index contributed by atoms with van der Waals surface area (Å²) in [4.78, 5) is 4.12. The molecule has 1 heterocycles. The molecule has 0 fully saturated rings. The minimum atomic E-state index is 0.390. The predicted molar refractivity (Wildman–Crippen MR) is 63.1 cm³/mol. The van der Waals surface area contributed by atoms with Crippen LogP contribution in [-0.4, -0.2) is 9.55 Å². The van der Waals surface area contributed by atoms with E-state index in [9.17, 15) is 0 Å². The Balaban J connectivity index is 2.44. The molecule has 5 heteroatoms. The first kappa shape index (κ1) is 10.8. The summed E-state index contributed by atoms with van der Waals surface area (Å²) in [5.41, 5.74) is 1.68. The van der Waals surface area contributed by atoms with E-state index in [1.807, 2.05) is 22.9 Å². The van der Waals surface area contributed by atoms with Crippen LogP contribution in [0.4, 0.5) is 0 Å². The highest BCUT2D eigenvalue weighted by Gasteiger charge is 2.02. The lowest BCUT2D eigenvalue weighted by Gasteiger charge is -2.03. The maximum Gasteiger partial charge on any atom is 0.0995 e. The number of nitrogens with zero attached hydrogens (tertiary/aromatic N) is 2. The molecule has 1 aromatic carbocycles. The van der Waals surface area contributed by atoms with Gasteiger partial charge in [-0.15, -0.1) is 11.6 Å². The summed E-state index contributed by atoms with van der Waals surface area (Å²) in [6.07, 6.45) is 3.52. The van der Waals surface area contributed by atoms with Crippen LogP contribution in [0.2, 0.25) is 10.0 Å². The first-order valence-corrected chi connectivity index (χ1v) is 5.53. The van der Waals surface area contributed by atoms with Gasteiger partial charge in [-0.1, -0.05) is 23.2 Å². The second kappa shape index (κ2) is 4.44. The zero-order chi connectivity index (χ0) is 10.8. The molecule has 0 aliphatic carbocycles. The summed E-state index contributed by atoms with van der Waals surface area (Å²) >= 11 is 17.5. The van der Waals surface area contributed by atoms with E-state index in [0.717, 1.165) is 11.4 Å². The van der Waals surface area contributed by atoms with Crippen molar-refractivity contribution in [2.75, 3.05) is 0 Å². The molecular formula is C10H7Cl3N2. The van der Waals surface area contributed by atoms with Crippen molar-refractivity contribution in [3.63, 3.8) is 0 Å². The quantitative estimate of drug-likeness (QED) is 0.749. The Morgan fingerprint density at radius 3 is 2.33 bits per heavy atom. The van der Waals surface area contributed by atoms with E-state index in [-0.39, 0.29) is 0 Å². The van der Waals surface area contributed by atoms with E-state index in [0.29, 0.717) is 15.9 Å². The molecular weight excluding hydrogens is 254 g/mol. The Bertz CT molecular complexity index is 459. The van der Waals surface area contributed by atoms with Crippen LogP contribution in [0.3, 0.4) is 0 Å². The van der Waals surface area contributed by atoms with Crippen LogP contribution >= 0.6 is 34.8 Å². The van der Waals surface area contributed by atoms with E-state index in [1.54, 1.807) is 12.4 Å². The summed E-state index contributed by atoms with van der Waals surface area (Å²) in [5, 5.41) is 1.19. The van der Waals surface area contributed by atoms with Crippen molar-refractivity contribution in [1.29, 1.82) is 0 Å². The number of benzene rings is 1. The maximum absolute atomic E-state index is 5.90. The standard InChI is InChI=1S/C10H7Cl3N2/c11-4-9-5-15(6-14-9)10-2-7(12)1-8(13)3-10/h1-3,5-6H,4H2. The molecule has 0 amide bonds. The fourth-order valence-electron chi connectivity index (χ4n) is 1.26. The van der Waals surface area contributed by atoms with Crippen molar-refractivity contribution in [2.45, 2.75) is 5.88 Å². The van der Waals surface area contributed by atoms with E-state index in [1.165, 1.54) is 0 Å². The first-order valence-electron chi connectivity index (χ1n) is 4.24. The molecule has 0 unspecified atom stereocenters. The Kier molecular flexibility index (Phi) is 3.19. The lowest BCUT2D eigenvalue weighted by molar-refractivity contribution is 1.06. The molecule has 0 radical (unpaired) electrons. The third-order valence-corrected chi connectivity index (χ3v) is 2.63. The van der Waals surface area contributed by atoms with Crippen molar-refractivity contribution in [3.8, 4) is 5.69 Å². The molecule has 2 aromatic rings. The van der Waals surface area contributed by atoms with Gasteiger partial charge in [0.05, 0.1) is 17.9 Å². The number of alkyl halides is 1. The first-order chi connectivity index (χ1) is 7.19. The van der Waals surface area contributed by atoms with Crippen LogP contribution in [0, 0.1) is 0 Å². The Morgan fingerprint density at radius 1 is 1.13 bits per heavy atom. The molecule has 0 spiro atoms. The average molecular weight is 262 g/mol. The number of hydrogen-bond acceptors (Lipinski definition) is 1. The average Bonchev–Trinajstić information content (AvgIpc) is 2.64. The van der Waals surface area contributed by atoms with Gasteiger partial charge in [-0.3, -0.25) is 0 Å². The van der Waals surface area contributed by atoms with Crippen LogP contribution < -0.4 is 0 Å². The molecule has 0 atom stereocenters. The van der Waals surface area contributed by atoms with Crippen molar-refractivity contribution >= 4 is 34.8 Å². The van der Waals surface area contributed by atoms with Gasteiger partial charge in [-0.25, -0.2) is 4.98 Å². The Morgan fingerprint density at radius 2 is 1.80 bits per heavy atom. The van der Waals surface area contributed by atoms with Gasteiger partial charge in [-0.05, 0) is 18.2 Å². The zero-order valence-corrected chi connectivity index (χ0v) is 9.89. The minimum Gasteiger partial charge on any atom is -0.306 e. The molecule has 0 aliphatic rings. The SMILES string of the molecule is ClCc1cn(-c2cc(Cl)cc(Cl)c2)cn1. The molecule has 15 heavy (non-hydrogen) atoms. The van der Waals surface area contributed by atoms with Gasteiger partial charge in [0.1, 0.15) is 0 Å². The zero-order valence-electron chi connectivity index (χ0n) is 7.62. The monoisotopic (exact) mass is 260 g/mol. The smallest absolute Gasteiger partial charge is 0.0995 e. The third kappa shape index (κ3) is 2.46. The Hall–Kier alpha value is -0.700. The van der Waals surface area contributed by atoms with Gasteiger partial charge in [-0.2, -0.15) is 0 Å². The highest BCUT2D eigenvalue weighted by Crippen LogP contribution is 2.21. The second-order valence-electron chi connectivity index (χ2n) is 3.03. The number of rotatable bonds is 2. The predicted octanol–water partition coefficient (Wildman–Crippen LogP) is 3.92. The molecule has 0 N–H and O–H groups in total. The van der Waals surface area contributed by atoms with Gasteiger partial charge in [0.25, 0.3) is 0 Å². The van der Waals surface area contributed by atoms with Crippen LogP contribution in [-0.2, 0) is 5.88 Å². The summed E-state index contributed by atoms with van der Waals surface area (Å²) < 4.78 is 1.83. The van der Waals surface area contributed by atoms with Crippen LogP contribution in [0.1, 0.15) is 5.69 Å². The number of aromatic nitrogens is 2. The topological polar surface area (TPSA) is 17.8 Å². The highest BCUT2D eigenvalue weighted by atomic mass is 35.5. The molecule has 2 nitrogen and oxygen atoms in total. The molecule has 0 aliphatic heterocycles. The third-order valence-electron chi connectivity index (χ3n) is 1.92. The molecule has 2 rings (SSSR count). The molecule has 0 saturated heterocycles. The number of halogens is 3. The van der Waals surface area contributed by atoms with Gasteiger partial charge in [0, 0.05) is 21.9 Å². The van der Waals surface area contributed by atoms with E-state index in [4.69, 9.17) is 34.8 Å². The van der Waals surface area contributed by atoms with Gasteiger partial charge in [0.2, 0.25) is 0 Å². The lowest BCUT2D eigenvalue weighted by atomic mass is 10.3. The molecule has 0 bridgehead atoms. The van der Waals surface area contributed by atoms with Crippen LogP contribution in [0.15, 0.2) is 30.7 Å². The normalized spacial score (nSPS) is 10.6. The molecule has 78 valence electrons. The van der Waals surface area contributed by atoms with E-state index >= 15 is 0 Å². The maximum atomic E-state index is 5.90. The van der Waals surface area contributed by atoms with E-state index < -0.39 is 0 Å². The molecule has 1 aromatic heterocycles. The minimum absolute atomic E-state index is 0.390. The van der Waals surface area contributed by atoms with Crippen LogP contribution in [0.25, 0.3) is 5.69 Å².